The quantitative estimate of drug-likeness (QED) is 0.153. The van der Waals surface area contributed by atoms with Gasteiger partial charge in [-0.3, -0.25) is 4.79 Å². The minimum Gasteiger partial charge on any atom is -0.481 e. The highest BCUT2D eigenvalue weighted by Gasteiger charge is 2.24. The topological polar surface area (TPSA) is 59.0 Å². The summed E-state index contributed by atoms with van der Waals surface area (Å²) >= 11 is 3.52. The molecule has 8 heteroatoms. The molecule has 1 fully saturated rings. The molecule has 42 heavy (non-hydrogen) atoms. The van der Waals surface area contributed by atoms with Gasteiger partial charge in [-0.1, -0.05) is 66.7 Å². The molecule has 1 saturated heterocycles. The van der Waals surface area contributed by atoms with Crippen molar-refractivity contribution in [3.63, 3.8) is 0 Å². The van der Waals surface area contributed by atoms with Crippen LogP contribution in [0, 0.1) is 5.92 Å². The van der Waals surface area contributed by atoms with Gasteiger partial charge in [0.2, 0.25) is 0 Å². The largest absolute Gasteiger partial charge is 0.481 e. The molecule has 2 aromatic heterocycles. The number of halogens is 1. The molecule has 1 N–H and O–H groups in total. The Balaban J connectivity index is 0.00000405. The van der Waals surface area contributed by atoms with Crippen LogP contribution in [0.4, 0.5) is 0 Å². The summed E-state index contributed by atoms with van der Waals surface area (Å²) in [6.45, 7) is 4.88. The second-order valence-electron chi connectivity index (χ2n) is 10.4. The maximum atomic E-state index is 11.4. The van der Waals surface area contributed by atoms with Crippen molar-refractivity contribution in [2.45, 2.75) is 45.7 Å². The molecule has 0 spiro atoms. The molecule has 0 bridgehead atoms. The molecule has 0 unspecified atom stereocenters. The first-order valence-electron chi connectivity index (χ1n) is 14.2. The van der Waals surface area contributed by atoms with Crippen LogP contribution in [0.5, 0.6) is 0 Å². The summed E-state index contributed by atoms with van der Waals surface area (Å²) in [5.74, 6) is -0.863. The van der Waals surface area contributed by atoms with E-state index in [4.69, 9.17) is 9.47 Å². The van der Waals surface area contributed by atoms with E-state index in [1.54, 1.807) is 22.7 Å². The lowest BCUT2D eigenvalue weighted by Crippen LogP contribution is -2.36. The van der Waals surface area contributed by atoms with E-state index in [0.29, 0.717) is 26.4 Å². The number of aliphatic carboxylic acids is 1. The Morgan fingerprint density at radius 2 is 1.29 bits per heavy atom. The smallest absolute Gasteiger partial charge is 0.306 e. The van der Waals surface area contributed by atoms with Gasteiger partial charge in [0.15, 0.2) is 0 Å². The molecule has 222 valence electrons. The van der Waals surface area contributed by atoms with Gasteiger partial charge in [-0.25, -0.2) is 0 Å². The van der Waals surface area contributed by atoms with E-state index in [9.17, 15) is 9.90 Å². The predicted molar refractivity (Wildman–Crippen MR) is 174 cm³/mol. The molecule has 2 aromatic carbocycles. The first-order valence-corrected chi connectivity index (χ1v) is 16.0. The number of carboxylic acid groups (broad SMARTS) is 1. The normalized spacial score (nSPS) is 13.9. The highest BCUT2D eigenvalue weighted by atomic mass is 35.5. The van der Waals surface area contributed by atoms with Crippen LogP contribution in [0.2, 0.25) is 0 Å². The average molecular weight is 624 g/mol. The Labute approximate surface area is 262 Å². The second-order valence-corrected chi connectivity index (χ2v) is 12.2. The Kier molecular flexibility index (Phi) is 12.8. The van der Waals surface area contributed by atoms with Crippen molar-refractivity contribution in [3.8, 4) is 0 Å². The van der Waals surface area contributed by atoms with E-state index in [-0.39, 0.29) is 18.3 Å². The van der Waals surface area contributed by atoms with E-state index < -0.39 is 5.97 Å². The summed E-state index contributed by atoms with van der Waals surface area (Å²) in [7, 11) is 0. The van der Waals surface area contributed by atoms with Gasteiger partial charge in [-0.2, -0.15) is 0 Å². The zero-order chi connectivity index (χ0) is 28.3. The molecule has 4 aromatic rings. The third kappa shape index (κ3) is 9.11. The van der Waals surface area contributed by atoms with Crippen molar-refractivity contribution in [2.75, 3.05) is 19.6 Å². The number of hydrogen-bond donors (Lipinski definition) is 1. The molecule has 0 atom stereocenters. The van der Waals surface area contributed by atoms with Gasteiger partial charge in [-0.15, -0.1) is 35.1 Å². The Hall–Kier alpha value is -2.78. The lowest BCUT2D eigenvalue weighted by atomic mass is 9.97. The second kappa shape index (κ2) is 16.8. The SMILES string of the molecule is Cl.O=C(O)C1CCN(CCC=C(c2sccc2COCc2ccccc2)c2sccc2COCc2ccccc2)CC1. The molecule has 0 aliphatic carbocycles. The number of ether oxygens (including phenoxy) is 2. The van der Waals surface area contributed by atoms with Crippen LogP contribution >= 0.6 is 35.1 Å². The summed E-state index contributed by atoms with van der Waals surface area (Å²) < 4.78 is 12.3. The van der Waals surface area contributed by atoms with Gasteiger partial charge >= 0.3 is 5.97 Å². The standard InChI is InChI=1S/C34H37NO4S2.ClH/c36-34(37)28-13-18-35(19-14-28)17-7-12-31(32-29(15-20-40-32)24-38-22-26-8-3-1-4-9-26)33-30(16-21-41-33)25-39-23-27-10-5-2-6-11-27;/h1-6,8-12,15-16,20-21,28H,7,13-14,17-19,22-25H2,(H,36,37);1H. The number of carboxylic acids is 1. The van der Waals surface area contributed by atoms with Crippen LogP contribution in [0.25, 0.3) is 5.57 Å². The van der Waals surface area contributed by atoms with Crippen LogP contribution in [0.15, 0.2) is 89.6 Å². The number of hydrogen-bond acceptors (Lipinski definition) is 6. The monoisotopic (exact) mass is 623 g/mol. The fraction of sp³-hybridized carbons (Fsp3) is 0.324. The number of benzene rings is 2. The first-order chi connectivity index (χ1) is 20.2. The lowest BCUT2D eigenvalue weighted by molar-refractivity contribution is -0.143. The molecule has 1 aliphatic heterocycles. The zero-order valence-electron chi connectivity index (χ0n) is 23.7. The molecule has 3 heterocycles. The fourth-order valence-corrected chi connectivity index (χ4v) is 7.14. The Bertz CT molecular complexity index is 1310. The number of carbonyl (C=O) groups is 1. The number of likely N-dealkylation sites (tertiary alicyclic amines) is 1. The summed E-state index contributed by atoms with van der Waals surface area (Å²) in [6, 6.07) is 24.9. The van der Waals surface area contributed by atoms with Crippen LogP contribution in [-0.2, 0) is 40.7 Å². The van der Waals surface area contributed by atoms with Crippen molar-refractivity contribution < 1.29 is 19.4 Å². The van der Waals surface area contributed by atoms with Crippen molar-refractivity contribution in [2.24, 2.45) is 5.92 Å². The third-order valence-corrected chi connectivity index (χ3v) is 9.43. The van der Waals surface area contributed by atoms with E-state index in [2.05, 4.69) is 58.1 Å². The Morgan fingerprint density at radius 3 is 1.76 bits per heavy atom. The molecule has 5 rings (SSSR count). The van der Waals surface area contributed by atoms with Crippen molar-refractivity contribution in [1.82, 2.24) is 4.90 Å². The van der Waals surface area contributed by atoms with Crippen LogP contribution in [-0.4, -0.2) is 35.6 Å². The van der Waals surface area contributed by atoms with Crippen LogP contribution in [0.3, 0.4) is 0 Å². The molecular formula is C34H38ClNO4S2. The average Bonchev–Trinajstić information content (AvgIpc) is 3.67. The number of rotatable bonds is 14. The molecule has 5 nitrogen and oxygen atoms in total. The first kappa shape index (κ1) is 32.1. The van der Waals surface area contributed by atoms with Crippen molar-refractivity contribution >= 4 is 46.6 Å². The predicted octanol–water partition coefficient (Wildman–Crippen LogP) is 8.28. The highest BCUT2D eigenvalue weighted by molar-refractivity contribution is 7.14. The highest BCUT2D eigenvalue weighted by Crippen LogP contribution is 2.37. The molecular weight excluding hydrogens is 586 g/mol. The molecule has 0 amide bonds. The van der Waals surface area contributed by atoms with Gasteiger partial charge in [0, 0.05) is 21.9 Å². The molecule has 0 saturated carbocycles. The summed E-state index contributed by atoms with van der Waals surface area (Å²) in [4.78, 5) is 16.2. The fourth-order valence-electron chi connectivity index (χ4n) is 5.16. The van der Waals surface area contributed by atoms with Crippen molar-refractivity contribution in [1.29, 1.82) is 0 Å². The maximum absolute atomic E-state index is 11.4. The van der Waals surface area contributed by atoms with E-state index in [1.807, 2.05) is 36.4 Å². The number of nitrogens with zero attached hydrogens (tertiary/aromatic N) is 1. The zero-order valence-corrected chi connectivity index (χ0v) is 26.1. The van der Waals surface area contributed by atoms with Crippen LogP contribution in [0.1, 0.15) is 51.3 Å². The minimum atomic E-state index is -0.661. The third-order valence-electron chi connectivity index (χ3n) is 7.45. The molecule has 1 aliphatic rings. The summed E-state index contributed by atoms with van der Waals surface area (Å²) in [5.41, 5.74) is 5.98. The van der Waals surface area contributed by atoms with Crippen molar-refractivity contribution in [3.05, 3.63) is 122 Å². The van der Waals surface area contributed by atoms with Gasteiger partial charge in [0.1, 0.15) is 0 Å². The maximum Gasteiger partial charge on any atom is 0.306 e. The van der Waals surface area contributed by atoms with E-state index in [1.165, 1.54) is 37.6 Å². The number of piperidine rings is 1. The lowest BCUT2D eigenvalue weighted by Gasteiger charge is -2.29. The molecule has 0 radical (unpaired) electrons. The van der Waals surface area contributed by atoms with E-state index >= 15 is 0 Å². The van der Waals surface area contributed by atoms with Gasteiger partial charge in [0.25, 0.3) is 0 Å². The van der Waals surface area contributed by atoms with Gasteiger partial charge in [-0.05, 0) is 77.5 Å². The van der Waals surface area contributed by atoms with Gasteiger partial charge < -0.3 is 19.5 Å². The van der Waals surface area contributed by atoms with E-state index in [0.717, 1.165) is 38.9 Å². The summed E-state index contributed by atoms with van der Waals surface area (Å²) in [5, 5.41) is 13.6. The van der Waals surface area contributed by atoms with Crippen LogP contribution < -0.4 is 0 Å². The number of thiophene rings is 2. The summed E-state index contributed by atoms with van der Waals surface area (Å²) in [6.07, 6.45) is 4.72. The minimum absolute atomic E-state index is 0. The van der Waals surface area contributed by atoms with Gasteiger partial charge in [0.05, 0.1) is 32.3 Å². The Morgan fingerprint density at radius 1 is 0.786 bits per heavy atom.